The quantitative estimate of drug-likeness (QED) is 0.442. The number of carbonyl (C=O) groups excluding carboxylic acids is 1. The maximum absolute atomic E-state index is 12.1. The number of Topliss-reactive ketones (excluding diaryl/α,β-unsaturated/α-hetero) is 1. The molecule has 0 unspecified atom stereocenters. The third-order valence-electron chi connectivity index (χ3n) is 2.01. The molecule has 1 heterocycles. The van der Waals surface area contributed by atoms with Crippen molar-refractivity contribution in [3.8, 4) is 12.3 Å². The summed E-state index contributed by atoms with van der Waals surface area (Å²) in [5.74, 6) is 0.615. The average molecular weight is 229 g/mol. The summed E-state index contributed by atoms with van der Waals surface area (Å²) in [5, 5.41) is 0. The molecule has 0 bridgehead atoms. The molecule has 86 valence electrons. The van der Waals surface area contributed by atoms with E-state index in [0.29, 0.717) is 19.4 Å². The highest BCUT2D eigenvalue weighted by molar-refractivity contribution is 6.00. The van der Waals surface area contributed by atoms with E-state index in [0.717, 1.165) is 6.07 Å². The second kappa shape index (κ2) is 4.88. The highest BCUT2D eigenvalue weighted by Gasteiger charge is 2.39. The van der Waals surface area contributed by atoms with Gasteiger partial charge in [-0.3, -0.25) is 4.79 Å². The first-order valence-corrected chi connectivity index (χ1v) is 4.66. The van der Waals surface area contributed by atoms with Crippen LogP contribution in [0.2, 0.25) is 0 Å². The first kappa shape index (κ1) is 12.4. The summed E-state index contributed by atoms with van der Waals surface area (Å²) in [7, 11) is 0. The zero-order valence-electron chi connectivity index (χ0n) is 8.42. The van der Waals surface area contributed by atoms with Crippen molar-refractivity contribution in [3.05, 3.63) is 24.0 Å². The van der Waals surface area contributed by atoms with E-state index in [-0.39, 0.29) is 5.56 Å². The first-order valence-electron chi connectivity index (χ1n) is 4.66. The van der Waals surface area contributed by atoms with E-state index in [1.54, 1.807) is 0 Å². The zero-order chi connectivity index (χ0) is 12.2. The maximum atomic E-state index is 12.1. The number of unbranched alkanes of at least 4 members (excludes halogenated alkanes) is 1. The number of hydrogen-bond acceptors (Lipinski definition) is 1. The number of aromatic nitrogens is 1. The Bertz CT molecular complexity index is 412. The average Bonchev–Trinajstić information content (AvgIpc) is 2.64. The molecule has 0 radical (unpaired) electrons. The van der Waals surface area contributed by atoms with Crippen molar-refractivity contribution in [1.29, 1.82) is 0 Å². The highest BCUT2D eigenvalue weighted by Crippen LogP contribution is 2.21. The zero-order valence-corrected chi connectivity index (χ0v) is 8.42. The molecule has 0 atom stereocenters. The number of hydrogen-bond donors (Lipinski definition) is 0. The van der Waals surface area contributed by atoms with E-state index in [2.05, 4.69) is 5.92 Å². The number of ketones is 1. The van der Waals surface area contributed by atoms with E-state index in [4.69, 9.17) is 6.42 Å². The van der Waals surface area contributed by atoms with Crippen molar-refractivity contribution in [2.24, 2.45) is 0 Å². The SMILES string of the molecule is C#CCCCn1ccc(C(=O)C(F)(F)F)c1. The van der Waals surface area contributed by atoms with Gasteiger partial charge in [-0.05, 0) is 12.5 Å². The molecular weight excluding hydrogens is 219 g/mol. The van der Waals surface area contributed by atoms with Crippen LogP contribution in [-0.2, 0) is 6.54 Å². The van der Waals surface area contributed by atoms with Gasteiger partial charge >= 0.3 is 6.18 Å². The molecular formula is C11H10F3NO. The van der Waals surface area contributed by atoms with Gasteiger partial charge in [0.25, 0.3) is 5.78 Å². The van der Waals surface area contributed by atoms with Crippen LogP contribution in [0.3, 0.4) is 0 Å². The van der Waals surface area contributed by atoms with Crippen LogP contribution in [-0.4, -0.2) is 16.5 Å². The fourth-order valence-corrected chi connectivity index (χ4v) is 1.24. The minimum absolute atomic E-state index is 0.340. The fraction of sp³-hybridized carbons (Fsp3) is 0.364. The molecule has 2 nitrogen and oxygen atoms in total. The molecule has 0 saturated carbocycles. The third kappa shape index (κ3) is 3.16. The molecule has 0 aliphatic rings. The summed E-state index contributed by atoms with van der Waals surface area (Å²) >= 11 is 0. The Hall–Kier alpha value is -1.70. The Kier molecular flexibility index (Phi) is 3.78. The number of rotatable bonds is 4. The monoisotopic (exact) mass is 229 g/mol. The number of halogens is 3. The molecule has 1 aromatic heterocycles. The van der Waals surface area contributed by atoms with Crippen LogP contribution in [0.15, 0.2) is 18.5 Å². The topological polar surface area (TPSA) is 22.0 Å². The predicted octanol–water partition coefficient (Wildman–Crippen LogP) is 2.65. The molecule has 5 heteroatoms. The van der Waals surface area contributed by atoms with Crippen LogP contribution in [0.25, 0.3) is 0 Å². The lowest BCUT2D eigenvalue weighted by molar-refractivity contribution is -0.0885. The molecule has 0 saturated heterocycles. The predicted molar refractivity (Wildman–Crippen MR) is 52.9 cm³/mol. The van der Waals surface area contributed by atoms with Crippen molar-refractivity contribution in [1.82, 2.24) is 4.57 Å². The van der Waals surface area contributed by atoms with Crippen molar-refractivity contribution < 1.29 is 18.0 Å². The van der Waals surface area contributed by atoms with E-state index >= 15 is 0 Å². The summed E-state index contributed by atoms with van der Waals surface area (Å²) < 4.78 is 37.7. The van der Waals surface area contributed by atoms with Crippen molar-refractivity contribution in [2.75, 3.05) is 0 Å². The molecule has 0 spiro atoms. The largest absolute Gasteiger partial charge is 0.454 e. The van der Waals surface area contributed by atoms with Gasteiger partial charge in [0.1, 0.15) is 0 Å². The Morgan fingerprint density at radius 1 is 1.50 bits per heavy atom. The molecule has 0 aromatic carbocycles. The fourth-order valence-electron chi connectivity index (χ4n) is 1.24. The molecule has 1 aromatic rings. The Morgan fingerprint density at radius 3 is 2.75 bits per heavy atom. The second-order valence-electron chi connectivity index (χ2n) is 3.27. The Balaban J connectivity index is 2.65. The number of aryl methyl sites for hydroxylation is 1. The van der Waals surface area contributed by atoms with E-state index in [1.165, 1.54) is 17.0 Å². The molecule has 1 rings (SSSR count). The van der Waals surface area contributed by atoms with E-state index in [1.807, 2.05) is 0 Å². The lowest BCUT2D eigenvalue weighted by atomic mass is 10.2. The van der Waals surface area contributed by atoms with Gasteiger partial charge in [0.2, 0.25) is 0 Å². The Morgan fingerprint density at radius 2 is 2.19 bits per heavy atom. The number of carbonyl (C=O) groups is 1. The van der Waals surface area contributed by atoms with Crippen LogP contribution in [0.4, 0.5) is 13.2 Å². The summed E-state index contributed by atoms with van der Waals surface area (Å²) in [4.78, 5) is 10.8. The van der Waals surface area contributed by atoms with Crippen molar-refractivity contribution in [2.45, 2.75) is 25.6 Å². The molecule has 16 heavy (non-hydrogen) atoms. The second-order valence-corrected chi connectivity index (χ2v) is 3.27. The smallest absolute Gasteiger partial charge is 0.353 e. The lowest BCUT2D eigenvalue weighted by Crippen LogP contribution is -2.22. The van der Waals surface area contributed by atoms with Gasteiger partial charge in [-0.2, -0.15) is 13.2 Å². The molecule has 0 aliphatic carbocycles. The molecule has 0 N–H and O–H groups in total. The van der Waals surface area contributed by atoms with Gasteiger partial charge < -0.3 is 4.57 Å². The van der Waals surface area contributed by atoms with Gasteiger partial charge in [-0.15, -0.1) is 12.3 Å². The lowest BCUT2D eigenvalue weighted by Gasteiger charge is -2.02. The van der Waals surface area contributed by atoms with Crippen LogP contribution < -0.4 is 0 Å². The first-order chi connectivity index (χ1) is 7.45. The van der Waals surface area contributed by atoms with Crippen LogP contribution in [0.1, 0.15) is 23.2 Å². The third-order valence-corrected chi connectivity index (χ3v) is 2.01. The van der Waals surface area contributed by atoms with Crippen LogP contribution in [0, 0.1) is 12.3 Å². The van der Waals surface area contributed by atoms with Gasteiger partial charge in [-0.25, -0.2) is 0 Å². The normalized spacial score (nSPS) is 11.1. The van der Waals surface area contributed by atoms with Crippen LogP contribution >= 0.6 is 0 Å². The van der Waals surface area contributed by atoms with Crippen molar-refractivity contribution >= 4 is 5.78 Å². The number of alkyl halides is 3. The number of nitrogens with zero attached hydrogens (tertiary/aromatic N) is 1. The van der Waals surface area contributed by atoms with Gasteiger partial charge in [0.05, 0.1) is 0 Å². The summed E-state index contributed by atoms with van der Waals surface area (Å²) in [6.07, 6.45) is 4.08. The summed E-state index contributed by atoms with van der Waals surface area (Å²) in [6, 6.07) is 1.16. The highest BCUT2D eigenvalue weighted by atomic mass is 19.4. The molecule has 0 aliphatic heterocycles. The molecule has 0 fully saturated rings. The van der Waals surface area contributed by atoms with Gasteiger partial charge in [-0.1, -0.05) is 0 Å². The van der Waals surface area contributed by atoms with Crippen LogP contribution in [0.5, 0.6) is 0 Å². The van der Waals surface area contributed by atoms with Crippen molar-refractivity contribution in [3.63, 3.8) is 0 Å². The van der Waals surface area contributed by atoms with E-state index < -0.39 is 12.0 Å². The minimum atomic E-state index is -4.81. The standard InChI is InChI=1S/C11H10F3NO/c1-2-3-4-6-15-7-5-9(8-15)10(16)11(12,13)14/h1,5,7-8H,3-4,6H2. The Labute approximate surface area is 91.1 Å². The van der Waals surface area contributed by atoms with E-state index in [9.17, 15) is 18.0 Å². The summed E-state index contributed by atoms with van der Waals surface area (Å²) in [5.41, 5.74) is -0.340. The van der Waals surface area contributed by atoms with Gasteiger partial charge in [0, 0.05) is 30.9 Å². The maximum Gasteiger partial charge on any atom is 0.454 e. The summed E-state index contributed by atoms with van der Waals surface area (Å²) in [6.45, 7) is 0.509. The van der Waals surface area contributed by atoms with Gasteiger partial charge in [0.15, 0.2) is 0 Å². The molecule has 0 amide bonds. The minimum Gasteiger partial charge on any atom is -0.353 e. The number of terminal acetylenes is 1.